The third-order valence-electron chi connectivity index (χ3n) is 3.65. The molecule has 3 aromatic rings. The van der Waals surface area contributed by atoms with Gasteiger partial charge in [-0.15, -0.1) is 0 Å². The van der Waals surface area contributed by atoms with Gasteiger partial charge in [0, 0.05) is 18.1 Å². The summed E-state index contributed by atoms with van der Waals surface area (Å²) >= 11 is 0. The third-order valence-corrected chi connectivity index (χ3v) is 5.17. The first-order valence-corrected chi connectivity index (χ1v) is 9.26. The molecule has 2 N–H and O–H groups in total. The van der Waals surface area contributed by atoms with Crippen molar-refractivity contribution < 1.29 is 23.1 Å². The molecule has 1 heterocycles. The summed E-state index contributed by atoms with van der Waals surface area (Å²) < 4.78 is 32.7. The Morgan fingerprint density at radius 2 is 1.85 bits per heavy atom. The number of hydrogen-bond donors (Lipinski definition) is 2. The van der Waals surface area contributed by atoms with E-state index in [9.17, 15) is 13.2 Å². The van der Waals surface area contributed by atoms with Gasteiger partial charge in [0.15, 0.2) is 0 Å². The quantitative estimate of drug-likeness (QED) is 0.617. The van der Waals surface area contributed by atoms with Gasteiger partial charge in [0.2, 0.25) is 10.0 Å². The van der Waals surface area contributed by atoms with Crippen LogP contribution in [0.5, 0.6) is 5.75 Å². The average molecular weight is 372 g/mol. The number of carboxylic acid groups (broad SMARTS) is 1. The summed E-state index contributed by atoms with van der Waals surface area (Å²) in [5, 5.41) is 10.0. The van der Waals surface area contributed by atoms with Crippen molar-refractivity contribution in [1.82, 2.24) is 9.71 Å². The Morgan fingerprint density at radius 1 is 1.08 bits per heavy atom. The number of ether oxygens (including phenoxy) is 1. The van der Waals surface area contributed by atoms with E-state index in [1.807, 2.05) is 24.3 Å². The highest BCUT2D eigenvalue weighted by Gasteiger charge is 2.21. The van der Waals surface area contributed by atoms with E-state index in [-0.39, 0.29) is 23.6 Å². The van der Waals surface area contributed by atoms with Gasteiger partial charge in [-0.3, -0.25) is 4.98 Å². The highest BCUT2D eigenvalue weighted by atomic mass is 32.2. The van der Waals surface area contributed by atoms with E-state index in [1.165, 1.54) is 24.3 Å². The maximum Gasteiger partial charge on any atom is 0.337 e. The normalized spacial score (nSPS) is 11.4. The Kier molecular flexibility index (Phi) is 5.15. The lowest BCUT2D eigenvalue weighted by Crippen LogP contribution is -2.29. The number of sulfonamides is 1. The van der Waals surface area contributed by atoms with Crippen LogP contribution in [0.25, 0.3) is 10.9 Å². The fraction of sp³-hybridized carbons (Fsp3) is 0.111. The minimum Gasteiger partial charge on any atom is -0.490 e. The molecule has 134 valence electrons. The van der Waals surface area contributed by atoms with Crippen LogP contribution in [0.1, 0.15) is 10.4 Å². The number of pyridine rings is 1. The molecule has 0 spiro atoms. The molecule has 8 heteroatoms. The molecular formula is C18H16N2O5S. The summed E-state index contributed by atoms with van der Waals surface area (Å²) in [6.07, 6.45) is 1.65. The minimum atomic E-state index is -3.96. The number of aromatic nitrogens is 1. The number of hydrogen-bond acceptors (Lipinski definition) is 5. The molecule has 0 saturated carbocycles. The lowest BCUT2D eigenvalue weighted by Gasteiger charge is -2.11. The molecule has 7 nitrogen and oxygen atoms in total. The molecule has 0 saturated heterocycles. The number of aromatic carboxylic acids is 1. The molecule has 0 fully saturated rings. The van der Waals surface area contributed by atoms with Crippen LogP contribution in [0, 0.1) is 0 Å². The molecule has 0 radical (unpaired) electrons. The number of rotatable bonds is 7. The van der Waals surface area contributed by atoms with Gasteiger partial charge >= 0.3 is 5.97 Å². The number of carboxylic acids is 1. The fourth-order valence-corrected chi connectivity index (χ4v) is 3.70. The lowest BCUT2D eigenvalue weighted by molar-refractivity contribution is 0.0692. The molecular weight excluding hydrogens is 356 g/mol. The zero-order valence-electron chi connectivity index (χ0n) is 13.6. The van der Waals surface area contributed by atoms with Gasteiger partial charge in [-0.1, -0.05) is 30.3 Å². The molecule has 26 heavy (non-hydrogen) atoms. The van der Waals surface area contributed by atoms with E-state index in [0.717, 1.165) is 5.39 Å². The van der Waals surface area contributed by atoms with Crippen molar-refractivity contribution >= 4 is 26.9 Å². The van der Waals surface area contributed by atoms with Crippen molar-refractivity contribution in [2.75, 3.05) is 13.2 Å². The lowest BCUT2D eigenvalue weighted by atomic mass is 10.2. The Morgan fingerprint density at radius 3 is 2.65 bits per heavy atom. The smallest absolute Gasteiger partial charge is 0.337 e. The van der Waals surface area contributed by atoms with Crippen LogP contribution >= 0.6 is 0 Å². The predicted molar refractivity (Wildman–Crippen MR) is 95.8 cm³/mol. The van der Waals surface area contributed by atoms with Gasteiger partial charge in [-0.2, -0.15) is 0 Å². The Hall–Kier alpha value is -2.97. The van der Waals surface area contributed by atoms with Crippen LogP contribution in [0.4, 0.5) is 0 Å². The molecule has 0 unspecified atom stereocenters. The third kappa shape index (κ3) is 3.81. The first-order valence-electron chi connectivity index (χ1n) is 7.77. The van der Waals surface area contributed by atoms with E-state index < -0.39 is 16.0 Å². The molecule has 2 aromatic carbocycles. The fourth-order valence-electron chi connectivity index (χ4n) is 2.49. The summed E-state index contributed by atoms with van der Waals surface area (Å²) in [6, 6.07) is 14.6. The summed E-state index contributed by atoms with van der Waals surface area (Å²) in [7, 11) is -3.96. The Labute approximate surface area is 150 Å². The zero-order valence-corrected chi connectivity index (χ0v) is 14.4. The molecule has 0 bridgehead atoms. The van der Waals surface area contributed by atoms with Crippen LogP contribution in [0.2, 0.25) is 0 Å². The predicted octanol–water partition coefficient (Wildman–Crippen LogP) is 2.29. The van der Waals surface area contributed by atoms with E-state index in [2.05, 4.69) is 9.71 Å². The largest absolute Gasteiger partial charge is 0.490 e. The van der Waals surface area contributed by atoms with Crippen molar-refractivity contribution in [3.63, 3.8) is 0 Å². The van der Waals surface area contributed by atoms with Gasteiger partial charge in [-0.25, -0.2) is 17.9 Å². The maximum atomic E-state index is 12.3. The number of benzene rings is 2. The van der Waals surface area contributed by atoms with Crippen molar-refractivity contribution in [2.24, 2.45) is 0 Å². The maximum absolute atomic E-state index is 12.3. The second kappa shape index (κ2) is 7.51. The molecule has 3 rings (SSSR count). The first kappa shape index (κ1) is 17.8. The van der Waals surface area contributed by atoms with Gasteiger partial charge in [0.05, 0.1) is 10.5 Å². The summed E-state index contributed by atoms with van der Waals surface area (Å²) in [4.78, 5) is 15.2. The Balaban J connectivity index is 1.67. The topological polar surface area (TPSA) is 106 Å². The van der Waals surface area contributed by atoms with E-state index in [0.29, 0.717) is 11.3 Å². The molecule has 1 aromatic heterocycles. The average Bonchev–Trinajstić information content (AvgIpc) is 2.65. The molecule has 0 amide bonds. The van der Waals surface area contributed by atoms with Gasteiger partial charge in [0.25, 0.3) is 0 Å². The molecule has 0 aliphatic rings. The molecule has 0 aliphatic heterocycles. The van der Waals surface area contributed by atoms with E-state index in [4.69, 9.17) is 9.84 Å². The second-order valence-corrected chi connectivity index (χ2v) is 7.11. The summed E-state index contributed by atoms with van der Waals surface area (Å²) in [6.45, 7) is 0.0592. The number of nitrogens with zero attached hydrogens (tertiary/aromatic N) is 1. The highest BCUT2D eigenvalue weighted by Crippen LogP contribution is 2.22. The van der Waals surface area contributed by atoms with Crippen molar-refractivity contribution in [2.45, 2.75) is 4.90 Å². The number of para-hydroxylation sites is 1. The number of carbonyl (C=O) groups is 1. The van der Waals surface area contributed by atoms with Crippen LogP contribution < -0.4 is 9.46 Å². The van der Waals surface area contributed by atoms with Gasteiger partial charge in [-0.05, 0) is 24.3 Å². The van der Waals surface area contributed by atoms with Crippen molar-refractivity contribution in [3.8, 4) is 5.75 Å². The first-order chi connectivity index (χ1) is 12.5. The van der Waals surface area contributed by atoms with E-state index in [1.54, 1.807) is 12.3 Å². The second-order valence-electron chi connectivity index (χ2n) is 5.38. The summed E-state index contributed by atoms with van der Waals surface area (Å²) in [5.74, 6) is -0.753. The Bertz CT molecular complexity index is 1040. The van der Waals surface area contributed by atoms with Crippen LogP contribution in [0.15, 0.2) is 65.7 Å². The molecule has 0 aliphatic carbocycles. The van der Waals surface area contributed by atoms with Crippen molar-refractivity contribution in [1.29, 1.82) is 0 Å². The zero-order chi connectivity index (χ0) is 18.6. The minimum absolute atomic E-state index is 0.0144. The SMILES string of the molecule is O=C(O)c1ccccc1S(=O)(=O)NCCOc1cccc2cccnc12. The monoisotopic (exact) mass is 372 g/mol. The highest BCUT2D eigenvalue weighted by molar-refractivity contribution is 7.89. The van der Waals surface area contributed by atoms with Crippen LogP contribution in [-0.4, -0.2) is 37.6 Å². The molecule has 0 atom stereocenters. The number of fused-ring (bicyclic) bond motifs is 1. The standard InChI is InChI=1S/C18H16N2O5S/c21-18(22)14-7-1-2-9-16(14)26(23,24)20-11-12-25-15-8-3-5-13-6-4-10-19-17(13)15/h1-10,20H,11-12H2,(H,21,22). The summed E-state index contributed by atoms with van der Waals surface area (Å²) in [5.41, 5.74) is 0.410. The van der Waals surface area contributed by atoms with Crippen LogP contribution in [-0.2, 0) is 10.0 Å². The van der Waals surface area contributed by atoms with Crippen molar-refractivity contribution in [3.05, 3.63) is 66.4 Å². The van der Waals surface area contributed by atoms with Gasteiger partial charge < -0.3 is 9.84 Å². The van der Waals surface area contributed by atoms with E-state index >= 15 is 0 Å². The van der Waals surface area contributed by atoms with Gasteiger partial charge in [0.1, 0.15) is 17.9 Å². The number of nitrogens with one attached hydrogen (secondary N) is 1. The van der Waals surface area contributed by atoms with Crippen LogP contribution in [0.3, 0.4) is 0 Å².